The Morgan fingerprint density at radius 3 is 2.26 bits per heavy atom. The average molecular weight is 260 g/mol. The Balaban J connectivity index is 4.18. The van der Waals surface area contributed by atoms with E-state index in [4.69, 9.17) is 19.3 Å². The van der Waals surface area contributed by atoms with Crippen LogP contribution in [0.4, 0.5) is 0 Å². The van der Waals surface area contributed by atoms with Gasteiger partial charge in [0.2, 0.25) is 0 Å². The molecule has 0 amide bonds. The topological polar surface area (TPSA) is 52.6 Å². The lowest BCUT2D eigenvalue weighted by Gasteiger charge is -2.24. The zero-order valence-electron chi connectivity index (χ0n) is 11.1. The normalized spacial score (nSPS) is 11.3. The molecule has 0 radical (unpaired) electrons. The van der Waals surface area contributed by atoms with E-state index < -0.39 is 12.0 Å². The zero-order chi connectivity index (χ0) is 14.5. The number of hydrogen-bond donors (Lipinski definition) is 2. The second kappa shape index (κ2) is 11.2. The van der Waals surface area contributed by atoms with E-state index in [2.05, 4.69) is 23.1 Å². The third kappa shape index (κ3) is 7.90. The molecule has 0 saturated carbocycles. The van der Waals surface area contributed by atoms with Crippen molar-refractivity contribution in [1.82, 2.24) is 10.2 Å². The van der Waals surface area contributed by atoms with Gasteiger partial charge in [-0.3, -0.25) is 9.69 Å². The van der Waals surface area contributed by atoms with Crippen LogP contribution in [0.3, 0.4) is 0 Å². The molecule has 4 heteroatoms. The lowest BCUT2D eigenvalue weighted by molar-refractivity contribution is -0.143. The first kappa shape index (κ1) is 17.1. The second-order valence-corrected chi connectivity index (χ2v) is 4.04. The van der Waals surface area contributed by atoms with Crippen molar-refractivity contribution in [3.8, 4) is 37.0 Å². The van der Waals surface area contributed by atoms with Crippen LogP contribution in [0.1, 0.15) is 19.3 Å². The molecule has 0 aliphatic carbocycles. The molecule has 4 nitrogen and oxygen atoms in total. The molecule has 0 unspecified atom stereocenters. The first-order valence-electron chi connectivity index (χ1n) is 6.15. The number of unbranched alkanes of at least 4 members (excludes halogenated alkanes) is 1. The molecule has 0 aromatic rings. The molecule has 0 heterocycles. The largest absolute Gasteiger partial charge is 0.480 e. The molecule has 0 saturated heterocycles. The summed E-state index contributed by atoms with van der Waals surface area (Å²) >= 11 is 0. The van der Waals surface area contributed by atoms with E-state index in [1.165, 1.54) is 0 Å². The van der Waals surface area contributed by atoms with Crippen LogP contribution in [0.5, 0.6) is 0 Å². The summed E-state index contributed by atoms with van der Waals surface area (Å²) in [4.78, 5) is 12.9. The lowest BCUT2D eigenvalue weighted by atomic mass is 10.1. The van der Waals surface area contributed by atoms with E-state index in [0.29, 0.717) is 13.0 Å². The summed E-state index contributed by atoms with van der Waals surface area (Å²) in [7, 11) is 0. The fourth-order valence-corrected chi connectivity index (χ4v) is 1.72. The molecule has 0 aliphatic rings. The average Bonchev–Trinajstić information content (AvgIpc) is 2.37. The van der Waals surface area contributed by atoms with Crippen molar-refractivity contribution in [1.29, 1.82) is 0 Å². The first-order valence-corrected chi connectivity index (χ1v) is 6.15. The quantitative estimate of drug-likeness (QED) is 0.441. The Kier molecular flexibility index (Phi) is 10.0. The number of carboxylic acid groups (broad SMARTS) is 1. The van der Waals surface area contributed by atoms with Gasteiger partial charge in [-0.15, -0.1) is 19.3 Å². The van der Waals surface area contributed by atoms with E-state index in [1.807, 2.05) is 0 Å². The molecule has 0 spiro atoms. The highest BCUT2D eigenvalue weighted by Crippen LogP contribution is 2.09. The summed E-state index contributed by atoms with van der Waals surface area (Å²) in [5.41, 5.74) is 0. The molecule has 2 N–H and O–H groups in total. The fourth-order valence-electron chi connectivity index (χ4n) is 1.72. The van der Waals surface area contributed by atoms with Crippen LogP contribution in [-0.2, 0) is 4.79 Å². The van der Waals surface area contributed by atoms with Gasteiger partial charge in [-0.25, -0.2) is 0 Å². The SMILES string of the molecule is C#CCNCCCC[C@@H](C(=O)O)N(CC#C)CC#C. The van der Waals surface area contributed by atoms with E-state index >= 15 is 0 Å². The molecule has 0 rings (SSSR count). The summed E-state index contributed by atoms with van der Waals surface area (Å²) in [5.74, 6) is 6.47. The minimum absolute atomic E-state index is 0.247. The van der Waals surface area contributed by atoms with Crippen LogP contribution in [0.25, 0.3) is 0 Å². The number of terminal acetylenes is 3. The number of carbonyl (C=O) groups is 1. The van der Waals surface area contributed by atoms with Crippen molar-refractivity contribution in [2.75, 3.05) is 26.2 Å². The number of nitrogens with zero attached hydrogens (tertiary/aromatic N) is 1. The summed E-state index contributed by atoms with van der Waals surface area (Å²) < 4.78 is 0. The molecule has 0 aromatic carbocycles. The van der Waals surface area contributed by atoms with Crippen molar-refractivity contribution in [3.05, 3.63) is 0 Å². The Bertz CT molecular complexity index is 368. The van der Waals surface area contributed by atoms with E-state index in [1.54, 1.807) is 4.90 Å². The highest BCUT2D eigenvalue weighted by atomic mass is 16.4. The summed E-state index contributed by atoms with van der Waals surface area (Å²) in [6, 6.07) is -0.625. The highest BCUT2D eigenvalue weighted by Gasteiger charge is 2.23. The van der Waals surface area contributed by atoms with Crippen LogP contribution < -0.4 is 5.32 Å². The van der Waals surface area contributed by atoms with Gasteiger partial charge < -0.3 is 10.4 Å². The van der Waals surface area contributed by atoms with E-state index in [9.17, 15) is 9.90 Å². The van der Waals surface area contributed by atoms with Crippen molar-refractivity contribution >= 4 is 5.97 Å². The Labute approximate surface area is 115 Å². The van der Waals surface area contributed by atoms with Gasteiger partial charge in [-0.2, -0.15) is 0 Å². The molecular weight excluding hydrogens is 240 g/mol. The number of nitrogens with one attached hydrogen (secondary N) is 1. The van der Waals surface area contributed by atoms with Gasteiger partial charge in [-0.1, -0.05) is 24.2 Å². The highest BCUT2D eigenvalue weighted by molar-refractivity contribution is 5.73. The molecule has 0 fully saturated rings. The molecule has 0 aromatic heterocycles. The van der Waals surface area contributed by atoms with Crippen LogP contribution in [-0.4, -0.2) is 48.2 Å². The maximum absolute atomic E-state index is 11.2. The van der Waals surface area contributed by atoms with Crippen LogP contribution in [0.2, 0.25) is 0 Å². The molecule has 102 valence electrons. The van der Waals surface area contributed by atoms with Crippen LogP contribution in [0, 0.1) is 37.0 Å². The minimum Gasteiger partial charge on any atom is -0.480 e. The first-order chi connectivity index (χ1) is 9.17. The van der Waals surface area contributed by atoms with Crippen molar-refractivity contribution in [3.63, 3.8) is 0 Å². The zero-order valence-corrected chi connectivity index (χ0v) is 11.1. The van der Waals surface area contributed by atoms with Crippen LogP contribution in [0.15, 0.2) is 0 Å². The summed E-state index contributed by atoms with van der Waals surface area (Å²) in [6.45, 7) is 1.80. The Hall–Kier alpha value is -1.93. The van der Waals surface area contributed by atoms with Gasteiger partial charge in [0.05, 0.1) is 19.6 Å². The maximum Gasteiger partial charge on any atom is 0.320 e. The predicted octanol–water partition coefficient (Wildman–Crippen LogP) is 0.401. The van der Waals surface area contributed by atoms with Crippen molar-refractivity contribution < 1.29 is 9.90 Å². The number of hydrogen-bond acceptors (Lipinski definition) is 3. The molecule has 1 atom stereocenters. The third-order valence-corrected chi connectivity index (χ3v) is 2.62. The third-order valence-electron chi connectivity index (χ3n) is 2.62. The molecule has 0 aliphatic heterocycles. The number of aliphatic carboxylic acids is 1. The van der Waals surface area contributed by atoms with Gasteiger partial charge in [0.25, 0.3) is 0 Å². The Morgan fingerprint density at radius 2 is 1.79 bits per heavy atom. The lowest BCUT2D eigenvalue weighted by Crippen LogP contribution is -2.41. The summed E-state index contributed by atoms with van der Waals surface area (Å²) in [5, 5.41) is 12.3. The van der Waals surface area contributed by atoms with Crippen molar-refractivity contribution in [2.45, 2.75) is 25.3 Å². The van der Waals surface area contributed by atoms with Gasteiger partial charge >= 0.3 is 5.97 Å². The van der Waals surface area contributed by atoms with E-state index in [-0.39, 0.29) is 13.1 Å². The van der Waals surface area contributed by atoms with Crippen LogP contribution >= 0.6 is 0 Å². The molecular formula is C15H20N2O2. The standard InChI is InChI=1S/C15H20N2O2/c1-4-10-16-11-8-7-9-14(15(18)19)17(12-5-2)13-6-3/h1-3,14,16H,7-13H2,(H,18,19)/t14-/m0/s1. The smallest absolute Gasteiger partial charge is 0.320 e. The van der Waals surface area contributed by atoms with Gasteiger partial charge in [0.1, 0.15) is 6.04 Å². The summed E-state index contributed by atoms with van der Waals surface area (Å²) in [6.07, 6.45) is 17.7. The van der Waals surface area contributed by atoms with Crippen molar-refractivity contribution in [2.24, 2.45) is 0 Å². The molecule has 0 bridgehead atoms. The Morgan fingerprint density at radius 1 is 1.16 bits per heavy atom. The monoisotopic (exact) mass is 260 g/mol. The maximum atomic E-state index is 11.2. The fraction of sp³-hybridized carbons (Fsp3) is 0.533. The van der Waals surface area contributed by atoms with E-state index in [0.717, 1.165) is 19.4 Å². The molecule has 19 heavy (non-hydrogen) atoms. The second-order valence-electron chi connectivity index (χ2n) is 4.04. The van der Waals surface area contributed by atoms with Gasteiger partial charge in [-0.05, 0) is 19.4 Å². The number of rotatable bonds is 10. The van der Waals surface area contributed by atoms with Gasteiger partial charge in [0, 0.05) is 0 Å². The predicted molar refractivity (Wildman–Crippen MR) is 76.2 cm³/mol. The number of carboxylic acids is 1. The minimum atomic E-state index is -0.887. The van der Waals surface area contributed by atoms with Gasteiger partial charge in [0.15, 0.2) is 0 Å².